The van der Waals surface area contributed by atoms with Crippen molar-refractivity contribution in [2.45, 2.75) is 12.5 Å². The number of thiazole rings is 1. The van der Waals surface area contributed by atoms with E-state index in [0.29, 0.717) is 41.3 Å². The molecule has 12 heteroatoms. The molecular weight excluding hydrogens is 522 g/mol. The van der Waals surface area contributed by atoms with Gasteiger partial charge in [-0.1, -0.05) is 11.6 Å². The molecule has 0 saturated carbocycles. The zero-order chi connectivity index (χ0) is 26.5. The molecule has 1 amide bonds. The Morgan fingerprint density at radius 3 is 2.66 bits per heavy atom. The van der Waals surface area contributed by atoms with E-state index >= 15 is 0 Å². The number of likely N-dealkylation sites (N-methyl/N-ethyl adjacent to an activating group) is 1. The van der Waals surface area contributed by atoms with E-state index in [0.717, 1.165) is 31.9 Å². The van der Waals surface area contributed by atoms with Crippen molar-refractivity contribution in [1.29, 1.82) is 5.26 Å². The number of benzene rings is 1. The molecule has 0 bridgehead atoms. The zero-order valence-corrected chi connectivity index (χ0v) is 22.5. The SMILES string of the molecule is CN1CCN(c2ccc(Nc3ncc(Cl)c(N4CC[C@@H](NC(=O)/C(C#N)=C/c5nccs5)C4)n3)cc2)CC1. The molecule has 2 fully saturated rings. The Kier molecular flexibility index (Phi) is 8.03. The average molecular weight is 550 g/mol. The summed E-state index contributed by atoms with van der Waals surface area (Å²) >= 11 is 7.82. The Balaban J connectivity index is 1.20. The van der Waals surface area contributed by atoms with Gasteiger partial charge in [-0.15, -0.1) is 11.3 Å². The molecule has 2 N–H and O–H groups in total. The van der Waals surface area contributed by atoms with Crippen LogP contribution in [-0.2, 0) is 4.79 Å². The van der Waals surface area contributed by atoms with Crippen molar-refractivity contribution in [1.82, 2.24) is 25.2 Å². The third kappa shape index (κ3) is 6.22. The first-order chi connectivity index (χ1) is 18.5. The standard InChI is InChI=1S/C26H28ClN9OS/c1-34-9-11-35(12-10-34)21-4-2-19(3-5-21)32-26-30-16-22(27)24(33-26)36-8-6-20(17-36)31-25(37)18(15-28)14-23-29-7-13-38-23/h2-5,7,13-14,16,20H,6,8-12,17H2,1H3,(H,31,37)(H,30,32,33)/b18-14+/t20-/m1/s1. The third-order valence-corrected chi connectivity index (χ3v) is 7.61. The van der Waals surface area contributed by atoms with Crippen LogP contribution in [0, 0.1) is 11.3 Å². The van der Waals surface area contributed by atoms with Gasteiger partial charge < -0.3 is 25.3 Å². The number of anilines is 4. The summed E-state index contributed by atoms with van der Waals surface area (Å²) in [5, 5.41) is 18.5. The quantitative estimate of drug-likeness (QED) is 0.338. The molecule has 2 saturated heterocycles. The number of halogens is 1. The van der Waals surface area contributed by atoms with Crippen LogP contribution < -0.4 is 20.4 Å². The zero-order valence-electron chi connectivity index (χ0n) is 21.0. The lowest BCUT2D eigenvalue weighted by Crippen LogP contribution is -2.44. The predicted molar refractivity (Wildman–Crippen MR) is 151 cm³/mol. The predicted octanol–water partition coefficient (Wildman–Crippen LogP) is 3.38. The highest BCUT2D eigenvalue weighted by molar-refractivity contribution is 7.10. The molecule has 2 aliphatic heterocycles. The molecule has 0 unspecified atom stereocenters. The van der Waals surface area contributed by atoms with Gasteiger partial charge >= 0.3 is 0 Å². The molecule has 196 valence electrons. The molecular formula is C26H28ClN9OS. The molecule has 0 radical (unpaired) electrons. The Hall–Kier alpha value is -3.72. The van der Waals surface area contributed by atoms with Crippen molar-refractivity contribution in [2.75, 3.05) is 61.4 Å². The summed E-state index contributed by atoms with van der Waals surface area (Å²) in [5.74, 6) is 0.641. The summed E-state index contributed by atoms with van der Waals surface area (Å²) < 4.78 is 0. The number of nitrogens with zero attached hydrogens (tertiary/aromatic N) is 7. The van der Waals surface area contributed by atoms with Crippen molar-refractivity contribution >= 4 is 58.1 Å². The van der Waals surface area contributed by atoms with Crippen LogP contribution in [0.4, 0.5) is 23.1 Å². The van der Waals surface area contributed by atoms with Crippen LogP contribution in [0.1, 0.15) is 11.4 Å². The highest BCUT2D eigenvalue weighted by atomic mass is 35.5. The summed E-state index contributed by atoms with van der Waals surface area (Å²) in [6.07, 6.45) is 5.43. The van der Waals surface area contributed by atoms with Gasteiger partial charge in [0.15, 0.2) is 5.82 Å². The highest BCUT2D eigenvalue weighted by Gasteiger charge is 2.27. The van der Waals surface area contributed by atoms with E-state index < -0.39 is 5.91 Å². The van der Waals surface area contributed by atoms with Crippen molar-refractivity contribution < 1.29 is 4.79 Å². The molecule has 10 nitrogen and oxygen atoms in total. The van der Waals surface area contributed by atoms with Gasteiger partial charge in [-0.05, 0) is 43.8 Å². The third-order valence-electron chi connectivity index (χ3n) is 6.62. The summed E-state index contributed by atoms with van der Waals surface area (Å²) in [6.45, 7) is 5.35. The second-order valence-corrected chi connectivity index (χ2v) is 10.6. The molecule has 4 heterocycles. The number of carbonyl (C=O) groups is 1. The van der Waals surface area contributed by atoms with E-state index in [1.54, 1.807) is 17.8 Å². The minimum absolute atomic E-state index is 0.0311. The number of nitriles is 1. The fourth-order valence-corrected chi connectivity index (χ4v) is 5.28. The molecule has 2 aliphatic rings. The van der Waals surface area contributed by atoms with Crippen LogP contribution in [0.25, 0.3) is 6.08 Å². The van der Waals surface area contributed by atoms with Gasteiger partial charge in [-0.3, -0.25) is 4.79 Å². The first-order valence-electron chi connectivity index (χ1n) is 12.4. The van der Waals surface area contributed by atoms with Crippen molar-refractivity contribution in [3.63, 3.8) is 0 Å². The Labute approximate surface area is 230 Å². The van der Waals surface area contributed by atoms with E-state index in [4.69, 9.17) is 11.6 Å². The van der Waals surface area contributed by atoms with Crippen LogP contribution in [0.2, 0.25) is 5.02 Å². The van der Waals surface area contributed by atoms with Crippen LogP contribution in [0.15, 0.2) is 47.6 Å². The maximum atomic E-state index is 12.7. The fourth-order valence-electron chi connectivity index (χ4n) is 4.50. The maximum absolute atomic E-state index is 12.7. The van der Waals surface area contributed by atoms with Crippen molar-refractivity contribution in [2.24, 2.45) is 0 Å². The average Bonchev–Trinajstić information content (AvgIpc) is 3.62. The van der Waals surface area contributed by atoms with Gasteiger partial charge in [0.05, 0.1) is 6.20 Å². The van der Waals surface area contributed by atoms with Gasteiger partial charge in [-0.2, -0.15) is 10.2 Å². The normalized spacial score (nSPS) is 18.3. The van der Waals surface area contributed by atoms with Crippen LogP contribution >= 0.6 is 22.9 Å². The van der Waals surface area contributed by atoms with Crippen LogP contribution in [-0.4, -0.2) is 78.1 Å². The van der Waals surface area contributed by atoms with Crippen LogP contribution in [0.5, 0.6) is 0 Å². The molecule has 0 spiro atoms. The van der Waals surface area contributed by atoms with Gasteiger partial charge in [0, 0.05) is 68.3 Å². The number of hydrogen-bond acceptors (Lipinski definition) is 10. The monoisotopic (exact) mass is 549 g/mol. The molecule has 1 atom stereocenters. The summed E-state index contributed by atoms with van der Waals surface area (Å²) in [6, 6.07) is 10.1. The lowest BCUT2D eigenvalue weighted by atomic mass is 10.2. The molecule has 1 aromatic carbocycles. The first-order valence-corrected chi connectivity index (χ1v) is 13.6. The lowest BCUT2D eigenvalue weighted by Gasteiger charge is -2.34. The Morgan fingerprint density at radius 1 is 1.16 bits per heavy atom. The largest absolute Gasteiger partial charge is 0.369 e. The molecule has 0 aliphatic carbocycles. The highest BCUT2D eigenvalue weighted by Crippen LogP contribution is 2.28. The number of amides is 1. The summed E-state index contributed by atoms with van der Waals surface area (Å²) in [5.41, 5.74) is 2.12. The van der Waals surface area contributed by atoms with E-state index in [2.05, 4.69) is 54.6 Å². The van der Waals surface area contributed by atoms with E-state index in [9.17, 15) is 10.1 Å². The van der Waals surface area contributed by atoms with E-state index in [1.807, 2.05) is 23.1 Å². The Bertz CT molecular complexity index is 1330. The van der Waals surface area contributed by atoms with Crippen molar-refractivity contribution in [3.8, 4) is 6.07 Å². The van der Waals surface area contributed by atoms with Gasteiger partial charge in [-0.25, -0.2) is 9.97 Å². The van der Waals surface area contributed by atoms with Crippen molar-refractivity contribution in [3.05, 3.63) is 57.6 Å². The lowest BCUT2D eigenvalue weighted by molar-refractivity contribution is -0.117. The van der Waals surface area contributed by atoms with E-state index in [1.165, 1.54) is 23.1 Å². The van der Waals surface area contributed by atoms with Gasteiger partial charge in [0.2, 0.25) is 5.95 Å². The molecule has 2 aromatic heterocycles. The number of hydrogen-bond donors (Lipinski definition) is 2. The number of carbonyl (C=O) groups excluding carboxylic acids is 1. The number of piperazine rings is 1. The Morgan fingerprint density at radius 2 is 1.95 bits per heavy atom. The fraction of sp³-hybridized carbons (Fsp3) is 0.346. The van der Waals surface area contributed by atoms with Gasteiger partial charge in [0.1, 0.15) is 21.7 Å². The molecule has 38 heavy (non-hydrogen) atoms. The second kappa shape index (κ2) is 11.8. The number of aromatic nitrogens is 3. The minimum Gasteiger partial charge on any atom is -0.369 e. The van der Waals surface area contributed by atoms with Crippen LogP contribution in [0.3, 0.4) is 0 Å². The second-order valence-electron chi connectivity index (χ2n) is 9.27. The van der Waals surface area contributed by atoms with Gasteiger partial charge in [0.25, 0.3) is 5.91 Å². The topological polar surface area (TPSA) is 113 Å². The smallest absolute Gasteiger partial charge is 0.262 e. The first kappa shape index (κ1) is 25.9. The molecule has 5 rings (SSSR count). The maximum Gasteiger partial charge on any atom is 0.262 e. The summed E-state index contributed by atoms with van der Waals surface area (Å²) in [7, 11) is 2.15. The minimum atomic E-state index is -0.411. The molecule has 3 aromatic rings. The van der Waals surface area contributed by atoms with E-state index in [-0.39, 0.29) is 11.6 Å². The number of rotatable bonds is 7. The number of nitrogens with one attached hydrogen (secondary N) is 2. The summed E-state index contributed by atoms with van der Waals surface area (Å²) in [4.78, 5) is 32.5.